The van der Waals surface area contributed by atoms with Gasteiger partial charge in [0.1, 0.15) is 5.82 Å². The van der Waals surface area contributed by atoms with Crippen LogP contribution < -0.4 is 4.74 Å². The van der Waals surface area contributed by atoms with Crippen molar-refractivity contribution in [3.63, 3.8) is 0 Å². The largest absolute Gasteiger partial charge is 0.494 e. The van der Waals surface area contributed by atoms with Crippen molar-refractivity contribution in [2.24, 2.45) is 0 Å². The Hall–Kier alpha value is -1.45. The summed E-state index contributed by atoms with van der Waals surface area (Å²) < 4.78 is 31.1. The van der Waals surface area contributed by atoms with Crippen LogP contribution in [0.5, 0.6) is 5.75 Å². The normalized spacial score (nSPS) is 10.1. The molecule has 0 fully saturated rings. The first-order chi connectivity index (χ1) is 7.10. The van der Waals surface area contributed by atoms with Crippen LogP contribution in [0.4, 0.5) is 8.78 Å². The number of carbonyl (C=O) groups excluding carboxylic acids is 1. The first kappa shape index (κ1) is 11.6. The molecule has 0 aromatic heterocycles. The third-order valence-electron chi connectivity index (χ3n) is 2.02. The van der Waals surface area contributed by atoms with E-state index in [9.17, 15) is 13.6 Å². The van der Waals surface area contributed by atoms with Gasteiger partial charge in [0.05, 0.1) is 12.7 Å². The summed E-state index contributed by atoms with van der Waals surface area (Å²) in [6, 6.07) is 1.77. The fourth-order valence-electron chi connectivity index (χ4n) is 1.26. The van der Waals surface area contributed by atoms with E-state index >= 15 is 0 Å². The van der Waals surface area contributed by atoms with Gasteiger partial charge in [-0.1, -0.05) is 6.92 Å². The van der Waals surface area contributed by atoms with Crippen LogP contribution in [0, 0.1) is 11.6 Å². The minimum atomic E-state index is -0.744. The summed E-state index contributed by atoms with van der Waals surface area (Å²) in [7, 11) is 1.24. The molecule has 2 nitrogen and oxygen atoms in total. The fraction of sp³-hybridized carbons (Fsp3) is 0.364. The maximum atomic E-state index is 13.3. The zero-order valence-corrected chi connectivity index (χ0v) is 8.64. The van der Waals surface area contributed by atoms with E-state index < -0.39 is 17.4 Å². The summed E-state index contributed by atoms with van der Waals surface area (Å²) in [5.74, 6) is -2.05. The van der Waals surface area contributed by atoms with Crippen molar-refractivity contribution in [2.75, 3.05) is 7.11 Å². The van der Waals surface area contributed by atoms with E-state index in [0.29, 0.717) is 6.42 Å². The van der Waals surface area contributed by atoms with E-state index in [4.69, 9.17) is 0 Å². The molecular formula is C11H12F2O2. The van der Waals surface area contributed by atoms with Gasteiger partial charge in [0.15, 0.2) is 17.3 Å². The lowest BCUT2D eigenvalue weighted by Gasteiger charge is -2.05. The molecule has 0 aliphatic heterocycles. The van der Waals surface area contributed by atoms with E-state index in [0.717, 1.165) is 12.1 Å². The van der Waals surface area contributed by atoms with Crippen molar-refractivity contribution >= 4 is 5.78 Å². The fourth-order valence-corrected chi connectivity index (χ4v) is 1.26. The maximum Gasteiger partial charge on any atom is 0.165 e. The van der Waals surface area contributed by atoms with Crippen LogP contribution in [0.2, 0.25) is 0 Å². The lowest BCUT2D eigenvalue weighted by Crippen LogP contribution is -2.03. The maximum absolute atomic E-state index is 13.3. The summed E-state index contributed by atoms with van der Waals surface area (Å²) in [5, 5.41) is 0. The van der Waals surface area contributed by atoms with Gasteiger partial charge in [-0.25, -0.2) is 8.78 Å². The van der Waals surface area contributed by atoms with Gasteiger partial charge in [0.25, 0.3) is 0 Å². The van der Waals surface area contributed by atoms with Crippen molar-refractivity contribution in [3.05, 3.63) is 29.3 Å². The number of methoxy groups -OCH3 is 1. The van der Waals surface area contributed by atoms with Gasteiger partial charge in [-0.2, -0.15) is 0 Å². The van der Waals surface area contributed by atoms with Crippen molar-refractivity contribution in [2.45, 2.75) is 19.8 Å². The van der Waals surface area contributed by atoms with Gasteiger partial charge >= 0.3 is 0 Å². The second-order valence-corrected chi connectivity index (χ2v) is 3.14. The zero-order chi connectivity index (χ0) is 11.4. The van der Waals surface area contributed by atoms with E-state index in [2.05, 4.69) is 4.74 Å². The highest BCUT2D eigenvalue weighted by atomic mass is 19.1. The Kier molecular flexibility index (Phi) is 3.77. The Morgan fingerprint density at radius 2 is 2.00 bits per heavy atom. The molecule has 4 heteroatoms. The number of ether oxygens (including phenoxy) is 1. The van der Waals surface area contributed by atoms with Gasteiger partial charge < -0.3 is 4.74 Å². The summed E-state index contributed by atoms with van der Waals surface area (Å²) >= 11 is 0. The zero-order valence-electron chi connectivity index (χ0n) is 8.64. The Balaban J connectivity index is 3.10. The van der Waals surface area contributed by atoms with Gasteiger partial charge in [0.2, 0.25) is 0 Å². The Morgan fingerprint density at radius 3 is 2.53 bits per heavy atom. The molecule has 0 heterocycles. The summed E-state index contributed by atoms with van der Waals surface area (Å²) in [4.78, 5) is 11.4. The molecule has 0 saturated heterocycles. The molecule has 1 rings (SSSR count). The number of benzene rings is 1. The Labute approximate surface area is 86.9 Å². The van der Waals surface area contributed by atoms with E-state index in [1.54, 1.807) is 6.92 Å². The summed E-state index contributed by atoms with van der Waals surface area (Å²) in [5.41, 5.74) is -0.213. The molecule has 0 aliphatic carbocycles. The van der Waals surface area contributed by atoms with Crippen molar-refractivity contribution in [1.82, 2.24) is 0 Å². The molecule has 1 aromatic carbocycles. The van der Waals surface area contributed by atoms with E-state index in [-0.39, 0.29) is 17.7 Å². The smallest absolute Gasteiger partial charge is 0.165 e. The monoisotopic (exact) mass is 214 g/mol. The van der Waals surface area contributed by atoms with Crippen molar-refractivity contribution in [3.8, 4) is 5.75 Å². The number of rotatable bonds is 4. The number of carbonyl (C=O) groups is 1. The quantitative estimate of drug-likeness (QED) is 0.720. The molecule has 0 atom stereocenters. The lowest BCUT2D eigenvalue weighted by molar-refractivity contribution is 0.0977. The number of hydrogen-bond donors (Lipinski definition) is 0. The molecule has 1 aromatic rings. The Morgan fingerprint density at radius 1 is 1.33 bits per heavy atom. The lowest BCUT2D eigenvalue weighted by atomic mass is 10.1. The molecule has 0 amide bonds. The molecule has 0 radical (unpaired) electrons. The molecule has 0 N–H and O–H groups in total. The predicted octanol–water partition coefficient (Wildman–Crippen LogP) is 2.96. The highest BCUT2D eigenvalue weighted by molar-refractivity contribution is 5.96. The van der Waals surface area contributed by atoms with Crippen LogP contribution in [0.25, 0.3) is 0 Å². The standard InChI is InChI=1S/C11H12F2O2/c1-3-4-10(14)7-5-9(13)11(15-2)6-8(7)12/h5-6H,3-4H2,1-2H3. The van der Waals surface area contributed by atoms with Gasteiger partial charge in [-0.3, -0.25) is 4.79 Å². The third kappa shape index (κ3) is 2.52. The van der Waals surface area contributed by atoms with E-state index in [1.165, 1.54) is 7.11 Å². The van der Waals surface area contributed by atoms with Crippen LogP contribution in [0.1, 0.15) is 30.1 Å². The van der Waals surface area contributed by atoms with Crippen molar-refractivity contribution in [1.29, 1.82) is 0 Å². The van der Waals surface area contributed by atoms with Gasteiger partial charge in [0, 0.05) is 12.5 Å². The molecule has 0 saturated carbocycles. The highest BCUT2D eigenvalue weighted by Gasteiger charge is 2.15. The average molecular weight is 214 g/mol. The predicted molar refractivity (Wildman–Crippen MR) is 52.1 cm³/mol. The second kappa shape index (κ2) is 4.87. The summed E-state index contributed by atoms with van der Waals surface area (Å²) in [6.45, 7) is 1.80. The summed E-state index contributed by atoms with van der Waals surface area (Å²) in [6.07, 6.45) is 0.814. The Bertz CT molecular complexity index is 375. The molecule has 0 bridgehead atoms. The topological polar surface area (TPSA) is 26.3 Å². The van der Waals surface area contributed by atoms with Crippen LogP contribution in [0.3, 0.4) is 0 Å². The SMILES string of the molecule is CCCC(=O)c1cc(F)c(OC)cc1F. The number of Topliss-reactive ketones (excluding diaryl/α,β-unsaturated/α-hetero) is 1. The molecule has 0 unspecified atom stereocenters. The first-order valence-corrected chi connectivity index (χ1v) is 4.66. The highest BCUT2D eigenvalue weighted by Crippen LogP contribution is 2.22. The molecule has 0 aliphatic rings. The number of ketones is 1. The molecule has 0 spiro atoms. The van der Waals surface area contributed by atoms with Crippen LogP contribution in [-0.4, -0.2) is 12.9 Å². The van der Waals surface area contributed by atoms with Crippen LogP contribution in [-0.2, 0) is 0 Å². The van der Waals surface area contributed by atoms with E-state index in [1.807, 2.05) is 0 Å². The van der Waals surface area contributed by atoms with Crippen LogP contribution in [0.15, 0.2) is 12.1 Å². The van der Waals surface area contributed by atoms with Gasteiger partial charge in [-0.15, -0.1) is 0 Å². The van der Waals surface area contributed by atoms with Crippen molar-refractivity contribution < 1.29 is 18.3 Å². The average Bonchev–Trinajstić information content (AvgIpc) is 2.21. The number of hydrogen-bond acceptors (Lipinski definition) is 2. The van der Waals surface area contributed by atoms with Gasteiger partial charge in [-0.05, 0) is 12.5 Å². The first-order valence-electron chi connectivity index (χ1n) is 4.66. The van der Waals surface area contributed by atoms with Crippen LogP contribution >= 0.6 is 0 Å². The molecular weight excluding hydrogens is 202 g/mol. The third-order valence-corrected chi connectivity index (χ3v) is 2.02. The minimum Gasteiger partial charge on any atom is -0.494 e. The molecule has 15 heavy (non-hydrogen) atoms. The molecule has 82 valence electrons. The second-order valence-electron chi connectivity index (χ2n) is 3.14. The number of halogens is 2. The minimum absolute atomic E-state index is 0.194.